The Morgan fingerprint density at radius 3 is 2.00 bits per heavy atom. The van der Waals surface area contributed by atoms with Crippen LogP contribution in [0.1, 0.15) is 150 Å². The van der Waals surface area contributed by atoms with E-state index in [1.165, 1.54) is 0 Å². The minimum atomic E-state index is -1.12. The molecule has 2 saturated heterocycles. The van der Waals surface area contributed by atoms with Crippen molar-refractivity contribution in [2.45, 2.75) is 190 Å². The van der Waals surface area contributed by atoms with Crippen molar-refractivity contribution >= 4 is 29.8 Å². The third kappa shape index (κ3) is 7.74. The lowest BCUT2D eigenvalue weighted by molar-refractivity contribution is -0.263. The van der Waals surface area contributed by atoms with Gasteiger partial charge in [-0.05, 0) is 115 Å². The van der Waals surface area contributed by atoms with Gasteiger partial charge >= 0.3 is 29.8 Å². The molecule has 2 heterocycles. The van der Waals surface area contributed by atoms with Crippen molar-refractivity contribution in [3.05, 3.63) is 0 Å². The van der Waals surface area contributed by atoms with Crippen molar-refractivity contribution in [2.24, 2.45) is 40.9 Å². The van der Waals surface area contributed by atoms with Crippen LogP contribution >= 0.6 is 0 Å². The van der Waals surface area contributed by atoms with Crippen LogP contribution < -0.4 is 0 Å². The van der Waals surface area contributed by atoms with Crippen LogP contribution in [-0.4, -0.2) is 87.1 Å². The molecule has 0 radical (unpaired) electrons. The van der Waals surface area contributed by atoms with Crippen LogP contribution in [-0.2, 0) is 52.4 Å². The highest BCUT2D eigenvalue weighted by atomic mass is 16.7. The predicted molar refractivity (Wildman–Crippen MR) is 196 cm³/mol. The van der Waals surface area contributed by atoms with E-state index in [1.807, 2.05) is 6.92 Å². The second kappa shape index (κ2) is 14.2. The Balaban J connectivity index is 0.987. The first-order valence-corrected chi connectivity index (χ1v) is 21.5. The van der Waals surface area contributed by atoms with Crippen molar-refractivity contribution in [3.63, 3.8) is 0 Å². The Morgan fingerprint density at radius 2 is 1.41 bits per heavy atom. The van der Waals surface area contributed by atoms with Crippen molar-refractivity contribution < 1.29 is 62.6 Å². The van der Waals surface area contributed by atoms with Crippen LogP contribution in [0.3, 0.4) is 0 Å². The highest BCUT2D eigenvalue weighted by Gasteiger charge is 2.66. The zero-order chi connectivity index (χ0) is 39.9. The summed E-state index contributed by atoms with van der Waals surface area (Å²) in [4.78, 5) is 68.2. The standard InChI is InChI=1S/C43H62O13/c1-5-29(35(46)55-42-18-26-11-27(19-42)15-39(14-26,21-42)37(48)53-33-8-6-7-9-51-33)12-30(10-25(2)34(45)52-31-13-32(44)54-38(31,3)4)36(47)56-43-20-28-16-40(49,23-43)22-41(50,17-28)24-43/h25-31,33,49-50H,5-24H2,1-4H3. The normalized spacial score (nSPS) is 43.0. The van der Waals surface area contributed by atoms with Gasteiger partial charge in [-0.2, -0.15) is 0 Å². The van der Waals surface area contributed by atoms with Crippen LogP contribution in [0.15, 0.2) is 0 Å². The summed E-state index contributed by atoms with van der Waals surface area (Å²) in [5.74, 6) is -4.18. The molecule has 0 spiro atoms. The maximum Gasteiger partial charge on any atom is 0.314 e. The minimum Gasteiger partial charge on any atom is -0.459 e. The molecular formula is C43H62O13. The van der Waals surface area contributed by atoms with E-state index in [2.05, 4.69) is 0 Å². The number of cyclic esters (lactones) is 1. The van der Waals surface area contributed by atoms with E-state index in [0.717, 1.165) is 32.1 Å². The summed E-state index contributed by atoms with van der Waals surface area (Å²) in [5, 5.41) is 22.8. The van der Waals surface area contributed by atoms with Gasteiger partial charge < -0.3 is 38.6 Å². The van der Waals surface area contributed by atoms with E-state index >= 15 is 0 Å². The smallest absolute Gasteiger partial charge is 0.314 e. The zero-order valence-electron chi connectivity index (χ0n) is 33.6. The zero-order valence-corrected chi connectivity index (χ0v) is 33.6. The van der Waals surface area contributed by atoms with Crippen molar-refractivity contribution in [2.75, 3.05) is 6.61 Å². The molecule has 2 N–H and O–H groups in total. The number of aliphatic hydroxyl groups is 2. The molecule has 0 amide bonds. The number of rotatable bonds is 13. The first kappa shape index (κ1) is 40.0. The van der Waals surface area contributed by atoms with E-state index in [9.17, 15) is 34.2 Å². The Labute approximate surface area is 329 Å². The van der Waals surface area contributed by atoms with Crippen LogP contribution in [0, 0.1) is 40.9 Å². The average Bonchev–Trinajstić information content (AvgIpc) is 3.33. The topological polar surface area (TPSA) is 181 Å². The van der Waals surface area contributed by atoms with Crippen LogP contribution in [0.2, 0.25) is 0 Å². The van der Waals surface area contributed by atoms with Gasteiger partial charge in [0.05, 0.1) is 47.4 Å². The number of carbonyl (C=O) groups excluding carboxylic acids is 5. The molecule has 8 aliphatic carbocycles. The highest BCUT2D eigenvalue weighted by Crippen LogP contribution is 2.64. The molecule has 10 rings (SSSR count). The third-order valence-corrected chi connectivity index (χ3v) is 14.9. The molecule has 13 heteroatoms. The molecule has 56 heavy (non-hydrogen) atoms. The number of esters is 5. The van der Waals surface area contributed by atoms with Gasteiger partial charge in [0, 0.05) is 32.1 Å². The third-order valence-electron chi connectivity index (χ3n) is 14.9. The van der Waals surface area contributed by atoms with Gasteiger partial charge in [0.25, 0.3) is 0 Å². The highest BCUT2D eigenvalue weighted by molar-refractivity contribution is 5.80. The van der Waals surface area contributed by atoms with Gasteiger partial charge in [0.15, 0.2) is 6.10 Å². The molecule has 0 aromatic rings. The lowest BCUT2D eigenvalue weighted by atomic mass is 9.48. The van der Waals surface area contributed by atoms with Gasteiger partial charge in [0.2, 0.25) is 6.29 Å². The summed E-state index contributed by atoms with van der Waals surface area (Å²) in [6.45, 7) is 7.48. The molecule has 13 nitrogen and oxygen atoms in total. The summed E-state index contributed by atoms with van der Waals surface area (Å²) >= 11 is 0. The Hall–Kier alpha value is -2.77. The van der Waals surface area contributed by atoms with Crippen molar-refractivity contribution in [1.82, 2.24) is 0 Å². The lowest BCUT2D eigenvalue weighted by Crippen LogP contribution is -2.67. The SMILES string of the molecule is CCC(CC(CC(C)C(=O)OC1CC(=O)OC1(C)C)C(=O)OC12CC3CC(O)(CC(O)(C3)C1)C2)C(=O)OC12CC3CC(C1)CC(C(=O)OC1CCCCO1)(C3)C2. The Kier molecular flexibility index (Phi) is 10.2. The minimum absolute atomic E-state index is 0.0188. The second-order valence-electron chi connectivity index (χ2n) is 20.5. The molecule has 0 aromatic carbocycles. The Bertz CT molecular complexity index is 1560. The summed E-state index contributed by atoms with van der Waals surface area (Å²) in [6.07, 6.45) is 8.28. The first-order valence-electron chi connectivity index (χ1n) is 21.5. The number of ether oxygens (including phenoxy) is 6. The molecule has 2 aliphatic heterocycles. The largest absolute Gasteiger partial charge is 0.459 e. The van der Waals surface area contributed by atoms with E-state index in [4.69, 9.17) is 28.4 Å². The molecule has 0 aromatic heterocycles. The molecule has 10 aliphatic rings. The molecule has 8 bridgehead atoms. The fourth-order valence-electron chi connectivity index (χ4n) is 13.4. The van der Waals surface area contributed by atoms with Gasteiger partial charge in [0.1, 0.15) is 16.8 Å². The van der Waals surface area contributed by atoms with Crippen LogP contribution in [0.25, 0.3) is 0 Å². The molecular weight excluding hydrogens is 724 g/mol. The summed E-state index contributed by atoms with van der Waals surface area (Å²) in [7, 11) is 0. The average molecular weight is 787 g/mol. The van der Waals surface area contributed by atoms with Crippen molar-refractivity contribution in [3.8, 4) is 0 Å². The van der Waals surface area contributed by atoms with Crippen LogP contribution in [0.4, 0.5) is 0 Å². The molecule has 9 atom stereocenters. The summed E-state index contributed by atoms with van der Waals surface area (Å²) in [6, 6.07) is 0. The van der Waals surface area contributed by atoms with E-state index in [1.54, 1.807) is 20.8 Å². The first-order chi connectivity index (χ1) is 26.3. The molecule has 312 valence electrons. The van der Waals surface area contributed by atoms with Crippen LogP contribution in [0.5, 0.6) is 0 Å². The van der Waals surface area contributed by atoms with E-state index in [-0.39, 0.29) is 62.2 Å². The number of hydrogen-bond donors (Lipinski definition) is 2. The van der Waals surface area contributed by atoms with Gasteiger partial charge in [-0.1, -0.05) is 13.8 Å². The molecule has 8 saturated carbocycles. The fraction of sp³-hybridized carbons (Fsp3) is 0.884. The fourth-order valence-corrected chi connectivity index (χ4v) is 13.4. The summed E-state index contributed by atoms with van der Waals surface area (Å²) in [5.41, 5.74) is -5.78. The van der Waals surface area contributed by atoms with Gasteiger partial charge in [-0.15, -0.1) is 0 Å². The summed E-state index contributed by atoms with van der Waals surface area (Å²) < 4.78 is 35.7. The maximum atomic E-state index is 14.4. The maximum absolute atomic E-state index is 14.4. The number of carbonyl (C=O) groups is 5. The predicted octanol–water partition coefficient (Wildman–Crippen LogP) is 5.38. The van der Waals surface area contributed by atoms with E-state index in [0.29, 0.717) is 58.0 Å². The van der Waals surface area contributed by atoms with Gasteiger partial charge in [-0.3, -0.25) is 24.0 Å². The molecule has 9 unspecified atom stereocenters. The van der Waals surface area contributed by atoms with Crippen molar-refractivity contribution in [1.29, 1.82) is 0 Å². The second-order valence-corrected chi connectivity index (χ2v) is 20.5. The Morgan fingerprint density at radius 1 is 0.768 bits per heavy atom. The van der Waals surface area contributed by atoms with E-state index < -0.39 is 87.4 Å². The number of hydrogen-bond acceptors (Lipinski definition) is 13. The van der Waals surface area contributed by atoms with Gasteiger partial charge in [-0.25, -0.2) is 0 Å². The lowest BCUT2D eigenvalue weighted by Gasteiger charge is -2.62. The quantitative estimate of drug-likeness (QED) is 0.180. The molecule has 10 fully saturated rings. The monoisotopic (exact) mass is 786 g/mol.